The van der Waals surface area contributed by atoms with Crippen LogP contribution in [0.25, 0.3) is 21.3 Å². The second-order valence-electron chi connectivity index (χ2n) is 8.53. The van der Waals surface area contributed by atoms with E-state index in [0.29, 0.717) is 21.9 Å². The first kappa shape index (κ1) is 22.6. The fraction of sp³-hybridized carbons (Fsp3) is 0.222. The fourth-order valence-corrected chi connectivity index (χ4v) is 6.35. The van der Waals surface area contributed by atoms with Crippen LogP contribution in [0.2, 0.25) is 0 Å². The highest BCUT2D eigenvalue weighted by molar-refractivity contribution is 7.99. The number of nitrogens with zero attached hydrogens (tertiary/aromatic N) is 3. The summed E-state index contributed by atoms with van der Waals surface area (Å²) in [5, 5.41) is 3.15. The molecule has 1 aliphatic heterocycles. The number of allylic oxidation sites excluding steroid dienone is 1. The standard InChI is InChI=1S/C27H25N3O2S2/c1-4-13-29-26(32)24-21(19-11-9-17(2)10-12-19)15-33-25(24)28-27(29)34-16-23(31)30-18(3)14-20-7-5-6-8-22(20)30/h4-12,15,18H,1,13-14,16H2,2-3H3. The third-order valence-corrected chi connectivity index (χ3v) is 7.97. The van der Waals surface area contributed by atoms with Crippen molar-refractivity contribution in [2.45, 2.75) is 38.0 Å². The maximum atomic E-state index is 13.6. The lowest BCUT2D eigenvalue weighted by molar-refractivity contribution is -0.116. The molecule has 0 fully saturated rings. The molecule has 0 saturated heterocycles. The van der Waals surface area contributed by atoms with Crippen molar-refractivity contribution in [3.8, 4) is 11.1 Å². The molecular weight excluding hydrogens is 462 g/mol. The van der Waals surface area contributed by atoms with Gasteiger partial charge in [0.1, 0.15) is 4.83 Å². The molecule has 0 bridgehead atoms. The van der Waals surface area contributed by atoms with Crippen LogP contribution in [0.1, 0.15) is 18.1 Å². The Hall–Kier alpha value is -3.16. The highest BCUT2D eigenvalue weighted by atomic mass is 32.2. The van der Waals surface area contributed by atoms with Gasteiger partial charge in [-0.1, -0.05) is 65.9 Å². The van der Waals surface area contributed by atoms with Crippen LogP contribution in [0.3, 0.4) is 0 Å². The molecule has 3 heterocycles. The summed E-state index contributed by atoms with van der Waals surface area (Å²) in [7, 11) is 0. The Labute approximate surface area is 206 Å². The number of hydrogen-bond acceptors (Lipinski definition) is 5. The Balaban J connectivity index is 1.47. The average molecular weight is 488 g/mol. The number of rotatable bonds is 6. The molecule has 1 atom stereocenters. The predicted octanol–water partition coefficient (Wildman–Crippen LogP) is 5.69. The first-order valence-electron chi connectivity index (χ1n) is 11.2. The summed E-state index contributed by atoms with van der Waals surface area (Å²) >= 11 is 2.77. The zero-order valence-corrected chi connectivity index (χ0v) is 20.8. The molecule has 172 valence electrons. The van der Waals surface area contributed by atoms with Crippen LogP contribution >= 0.6 is 23.1 Å². The van der Waals surface area contributed by atoms with Gasteiger partial charge >= 0.3 is 0 Å². The minimum Gasteiger partial charge on any atom is -0.308 e. The number of amides is 1. The highest BCUT2D eigenvalue weighted by Crippen LogP contribution is 2.34. The third kappa shape index (κ3) is 3.99. The van der Waals surface area contributed by atoms with Gasteiger partial charge in [-0.2, -0.15) is 0 Å². The van der Waals surface area contributed by atoms with Crippen LogP contribution < -0.4 is 10.5 Å². The van der Waals surface area contributed by atoms with E-state index in [0.717, 1.165) is 23.2 Å². The molecule has 0 saturated carbocycles. The summed E-state index contributed by atoms with van der Waals surface area (Å²) in [5.74, 6) is 0.234. The maximum Gasteiger partial charge on any atom is 0.263 e. The maximum absolute atomic E-state index is 13.6. The minimum absolute atomic E-state index is 0.0217. The number of carbonyl (C=O) groups is 1. The summed E-state index contributed by atoms with van der Waals surface area (Å²) in [6, 6.07) is 16.3. The number of benzene rings is 2. The van der Waals surface area contributed by atoms with Crippen LogP contribution in [0.15, 0.2) is 76.5 Å². The molecule has 5 nitrogen and oxygen atoms in total. The lowest BCUT2D eigenvalue weighted by Crippen LogP contribution is -2.37. The van der Waals surface area contributed by atoms with E-state index in [2.05, 4.69) is 19.6 Å². The van der Waals surface area contributed by atoms with Gasteiger partial charge in [-0.25, -0.2) is 4.98 Å². The topological polar surface area (TPSA) is 55.2 Å². The smallest absolute Gasteiger partial charge is 0.263 e. The van der Waals surface area contributed by atoms with Crippen LogP contribution in [0.4, 0.5) is 5.69 Å². The van der Waals surface area contributed by atoms with E-state index in [9.17, 15) is 9.59 Å². The van der Waals surface area contributed by atoms with Gasteiger partial charge in [0.25, 0.3) is 5.56 Å². The Bertz CT molecular complexity index is 1450. The number of fused-ring (bicyclic) bond motifs is 2. The van der Waals surface area contributed by atoms with Gasteiger partial charge in [-0.05, 0) is 37.5 Å². The Morgan fingerprint density at radius 1 is 1.24 bits per heavy atom. The molecule has 0 radical (unpaired) electrons. The molecule has 34 heavy (non-hydrogen) atoms. The largest absolute Gasteiger partial charge is 0.308 e. The summed E-state index contributed by atoms with van der Waals surface area (Å²) in [5.41, 5.74) is 5.14. The molecule has 7 heteroatoms. The molecule has 1 unspecified atom stereocenters. The zero-order valence-electron chi connectivity index (χ0n) is 19.2. The summed E-state index contributed by atoms with van der Waals surface area (Å²) in [6.45, 7) is 8.27. The third-order valence-electron chi connectivity index (χ3n) is 6.13. The lowest BCUT2D eigenvalue weighted by Gasteiger charge is -2.22. The van der Waals surface area contributed by atoms with E-state index in [1.165, 1.54) is 34.2 Å². The average Bonchev–Trinajstić information content (AvgIpc) is 3.40. The lowest BCUT2D eigenvalue weighted by atomic mass is 10.1. The zero-order chi connectivity index (χ0) is 23.8. The van der Waals surface area contributed by atoms with Gasteiger partial charge in [0, 0.05) is 29.2 Å². The molecule has 0 aliphatic carbocycles. The molecule has 2 aromatic heterocycles. The van der Waals surface area contributed by atoms with Crippen LogP contribution in [0.5, 0.6) is 0 Å². The van der Waals surface area contributed by atoms with E-state index >= 15 is 0 Å². The van der Waals surface area contributed by atoms with Crippen LogP contribution in [0, 0.1) is 6.92 Å². The van der Waals surface area contributed by atoms with Crippen LogP contribution in [-0.4, -0.2) is 27.3 Å². The highest BCUT2D eigenvalue weighted by Gasteiger charge is 2.30. The van der Waals surface area contributed by atoms with Gasteiger partial charge < -0.3 is 4.90 Å². The number of aromatic nitrogens is 2. The van der Waals surface area contributed by atoms with E-state index in [1.807, 2.05) is 59.7 Å². The Kier molecular flexibility index (Phi) is 6.15. The van der Waals surface area contributed by atoms with E-state index in [4.69, 9.17) is 4.98 Å². The Morgan fingerprint density at radius 2 is 2.00 bits per heavy atom. The summed E-state index contributed by atoms with van der Waals surface area (Å²) in [4.78, 5) is 34.1. The molecule has 2 aromatic carbocycles. The minimum atomic E-state index is -0.100. The monoisotopic (exact) mass is 487 g/mol. The van der Waals surface area contributed by atoms with Gasteiger partial charge in [0.05, 0.1) is 11.1 Å². The number of thioether (sulfide) groups is 1. The van der Waals surface area contributed by atoms with E-state index in [-0.39, 0.29) is 23.3 Å². The second-order valence-corrected chi connectivity index (χ2v) is 10.3. The normalized spacial score (nSPS) is 15.0. The fourth-order valence-electron chi connectivity index (χ4n) is 4.49. The predicted molar refractivity (Wildman–Crippen MR) is 142 cm³/mol. The first-order chi connectivity index (χ1) is 16.5. The number of carbonyl (C=O) groups excluding carboxylic acids is 1. The molecule has 5 rings (SSSR count). The molecule has 0 spiro atoms. The van der Waals surface area contributed by atoms with Gasteiger partial charge in [-0.3, -0.25) is 14.2 Å². The van der Waals surface area contributed by atoms with Gasteiger partial charge in [0.15, 0.2) is 5.16 Å². The van der Waals surface area contributed by atoms with Crippen LogP contribution in [-0.2, 0) is 17.8 Å². The second kappa shape index (κ2) is 9.24. The SMILES string of the molecule is C=CCn1c(SCC(=O)N2c3ccccc3CC2C)nc2scc(-c3ccc(C)cc3)c2c1=O. The van der Waals surface area contributed by atoms with Crippen molar-refractivity contribution in [3.63, 3.8) is 0 Å². The summed E-state index contributed by atoms with van der Waals surface area (Å²) < 4.78 is 1.62. The van der Waals surface area contributed by atoms with Crippen molar-refractivity contribution in [1.82, 2.24) is 9.55 Å². The molecular formula is C27H25N3O2S2. The number of aryl methyl sites for hydroxylation is 1. The van der Waals surface area contributed by atoms with Crippen molar-refractivity contribution in [2.75, 3.05) is 10.7 Å². The van der Waals surface area contributed by atoms with E-state index in [1.54, 1.807) is 10.6 Å². The molecule has 4 aromatic rings. The number of hydrogen-bond donors (Lipinski definition) is 0. The van der Waals surface area contributed by atoms with Crippen molar-refractivity contribution in [3.05, 3.63) is 88.0 Å². The van der Waals surface area contributed by atoms with Crippen molar-refractivity contribution in [2.24, 2.45) is 0 Å². The first-order valence-corrected chi connectivity index (χ1v) is 13.1. The van der Waals surface area contributed by atoms with Gasteiger partial charge in [0.2, 0.25) is 5.91 Å². The number of para-hydroxylation sites is 1. The molecule has 0 N–H and O–H groups in total. The molecule has 1 aliphatic rings. The van der Waals surface area contributed by atoms with Crippen molar-refractivity contribution >= 4 is 44.9 Å². The van der Waals surface area contributed by atoms with Crippen molar-refractivity contribution in [1.29, 1.82) is 0 Å². The van der Waals surface area contributed by atoms with E-state index < -0.39 is 0 Å². The quantitative estimate of drug-likeness (QED) is 0.199. The molecule has 1 amide bonds. The Morgan fingerprint density at radius 3 is 2.76 bits per heavy atom. The van der Waals surface area contributed by atoms with Crippen molar-refractivity contribution < 1.29 is 4.79 Å². The van der Waals surface area contributed by atoms with Gasteiger partial charge in [-0.15, -0.1) is 17.9 Å². The summed E-state index contributed by atoms with van der Waals surface area (Å²) in [6.07, 6.45) is 2.55. The number of thiophene rings is 1. The number of anilines is 1.